The summed E-state index contributed by atoms with van der Waals surface area (Å²) in [6, 6.07) is 4.17. The average Bonchev–Trinajstić information content (AvgIpc) is 2.99. The van der Waals surface area contributed by atoms with Crippen LogP contribution in [-0.4, -0.2) is 27.3 Å². The van der Waals surface area contributed by atoms with E-state index < -0.39 is 10.8 Å². The smallest absolute Gasteiger partial charge is 0.294 e. The number of nitrogens with two attached hydrogens (primary N) is 1. The second-order valence-corrected chi connectivity index (χ2v) is 4.18. The molecule has 0 aliphatic carbocycles. The molecule has 9 heteroatoms. The zero-order valence-corrected chi connectivity index (χ0v) is 11.0. The first-order valence-electron chi connectivity index (χ1n) is 6.13. The van der Waals surface area contributed by atoms with E-state index in [-0.39, 0.29) is 16.9 Å². The number of hydrogen-bond donors (Lipinski definition) is 4. The molecule has 0 radical (unpaired) electrons. The van der Waals surface area contributed by atoms with Gasteiger partial charge in [-0.3, -0.25) is 20.8 Å². The lowest BCUT2D eigenvalue weighted by atomic mass is 10.1. The second-order valence-electron chi connectivity index (χ2n) is 4.18. The minimum Gasteiger partial charge on any atom is -0.352 e. The van der Waals surface area contributed by atoms with Gasteiger partial charge in [0.05, 0.1) is 16.8 Å². The second kappa shape index (κ2) is 6.48. The lowest BCUT2D eigenvalue weighted by molar-refractivity contribution is -0.384. The Hall–Kier alpha value is -2.94. The van der Waals surface area contributed by atoms with E-state index in [9.17, 15) is 14.9 Å². The molecular weight excluding hydrogens is 276 g/mol. The minimum atomic E-state index is -0.601. The van der Waals surface area contributed by atoms with Crippen molar-refractivity contribution in [3.63, 3.8) is 0 Å². The van der Waals surface area contributed by atoms with Crippen LogP contribution in [0, 0.1) is 10.1 Å². The van der Waals surface area contributed by atoms with Crippen LogP contribution in [0.5, 0.6) is 0 Å². The molecule has 1 aromatic carbocycles. The third kappa shape index (κ3) is 3.34. The van der Waals surface area contributed by atoms with E-state index >= 15 is 0 Å². The number of rotatable bonds is 6. The molecule has 1 amide bonds. The molecule has 2 aromatic rings. The average molecular weight is 290 g/mol. The number of carbonyl (C=O) groups excluding carboxylic acids is 1. The first-order chi connectivity index (χ1) is 10.1. The highest BCUT2D eigenvalue weighted by atomic mass is 16.6. The Bertz CT molecular complexity index is 640. The zero-order chi connectivity index (χ0) is 15.2. The number of aromatic nitrogens is 2. The van der Waals surface area contributed by atoms with Crippen LogP contribution in [0.1, 0.15) is 16.1 Å². The largest absolute Gasteiger partial charge is 0.352 e. The summed E-state index contributed by atoms with van der Waals surface area (Å²) in [6.45, 7) is 0.369. The van der Waals surface area contributed by atoms with Crippen molar-refractivity contribution in [1.82, 2.24) is 15.3 Å². The standard InChI is InChI=1S/C12H14N6O3/c13-17-11-9(2-1-3-10(11)18(20)21)12(19)15-5-4-8-6-14-7-16-8/h1-3,6-7,17H,4-5,13H2,(H,14,16)(H,15,19). The van der Waals surface area contributed by atoms with E-state index in [0.29, 0.717) is 13.0 Å². The zero-order valence-electron chi connectivity index (χ0n) is 11.0. The highest BCUT2D eigenvalue weighted by Crippen LogP contribution is 2.27. The summed E-state index contributed by atoms with van der Waals surface area (Å²) in [6.07, 6.45) is 3.78. The lowest BCUT2D eigenvalue weighted by Crippen LogP contribution is -2.27. The summed E-state index contributed by atoms with van der Waals surface area (Å²) in [5.74, 6) is 4.85. The van der Waals surface area contributed by atoms with Crippen LogP contribution in [0.25, 0.3) is 0 Å². The molecule has 1 heterocycles. The predicted molar refractivity (Wildman–Crippen MR) is 75.5 cm³/mol. The molecule has 1 aromatic heterocycles. The van der Waals surface area contributed by atoms with E-state index in [4.69, 9.17) is 5.84 Å². The van der Waals surface area contributed by atoms with Crippen molar-refractivity contribution in [3.8, 4) is 0 Å². The van der Waals surface area contributed by atoms with Gasteiger partial charge < -0.3 is 15.7 Å². The number of carbonyl (C=O) groups is 1. The number of nitrogens with zero attached hydrogens (tertiary/aromatic N) is 2. The Morgan fingerprint density at radius 3 is 2.90 bits per heavy atom. The topological polar surface area (TPSA) is 139 Å². The van der Waals surface area contributed by atoms with Crippen molar-refractivity contribution in [2.75, 3.05) is 12.0 Å². The van der Waals surface area contributed by atoms with E-state index in [1.165, 1.54) is 18.2 Å². The molecule has 0 aliphatic rings. The summed E-state index contributed by atoms with van der Waals surface area (Å²) < 4.78 is 0. The molecule has 0 atom stereocenters. The number of nitro benzene ring substituents is 1. The number of H-pyrrole nitrogens is 1. The van der Waals surface area contributed by atoms with Crippen LogP contribution in [-0.2, 0) is 6.42 Å². The molecule has 0 spiro atoms. The van der Waals surface area contributed by atoms with Crippen molar-refractivity contribution in [1.29, 1.82) is 0 Å². The summed E-state index contributed by atoms with van der Waals surface area (Å²) in [7, 11) is 0. The van der Waals surface area contributed by atoms with E-state index in [2.05, 4.69) is 20.7 Å². The number of nitro groups is 1. The fourth-order valence-corrected chi connectivity index (χ4v) is 1.86. The fourth-order valence-electron chi connectivity index (χ4n) is 1.86. The number of aromatic amines is 1. The van der Waals surface area contributed by atoms with Crippen LogP contribution >= 0.6 is 0 Å². The maximum Gasteiger partial charge on any atom is 0.294 e. The number of anilines is 1. The van der Waals surface area contributed by atoms with Crippen LogP contribution in [0.2, 0.25) is 0 Å². The first kappa shape index (κ1) is 14.5. The number of hydrazine groups is 1. The lowest BCUT2D eigenvalue weighted by Gasteiger charge is -2.09. The van der Waals surface area contributed by atoms with Crippen LogP contribution in [0.15, 0.2) is 30.7 Å². The number of nitrogen functional groups attached to an aromatic ring is 1. The number of amides is 1. The summed E-state index contributed by atoms with van der Waals surface area (Å²) >= 11 is 0. The van der Waals surface area contributed by atoms with Gasteiger partial charge in [0.1, 0.15) is 5.69 Å². The van der Waals surface area contributed by atoms with Gasteiger partial charge in [0, 0.05) is 30.9 Å². The molecule has 9 nitrogen and oxygen atoms in total. The maximum atomic E-state index is 12.1. The quantitative estimate of drug-likeness (QED) is 0.348. The molecule has 5 N–H and O–H groups in total. The van der Waals surface area contributed by atoms with Gasteiger partial charge in [-0.15, -0.1) is 0 Å². The van der Waals surface area contributed by atoms with E-state index in [1.807, 2.05) is 0 Å². The Morgan fingerprint density at radius 2 is 2.29 bits per heavy atom. The van der Waals surface area contributed by atoms with Crippen LogP contribution in [0.4, 0.5) is 11.4 Å². The summed E-state index contributed by atoms with van der Waals surface area (Å²) in [5.41, 5.74) is 2.95. The van der Waals surface area contributed by atoms with Gasteiger partial charge in [-0.25, -0.2) is 4.98 Å². The number of hydrogen-bond acceptors (Lipinski definition) is 6. The van der Waals surface area contributed by atoms with Gasteiger partial charge in [-0.05, 0) is 6.07 Å². The highest BCUT2D eigenvalue weighted by Gasteiger charge is 2.20. The molecule has 21 heavy (non-hydrogen) atoms. The van der Waals surface area contributed by atoms with Gasteiger partial charge in [0.25, 0.3) is 11.6 Å². The van der Waals surface area contributed by atoms with Gasteiger partial charge >= 0.3 is 0 Å². The number of imidazole rings is 1. The van der Waals surface area contributed by atoms with Crippen molar-refractivity contribution in [2.45, 2.75) is 6.42 Å². The molecule has 0 saturated heterocycles. The highest BCUT2D eigenvalue weighted by molar-refractivity contribution is 6.01. The van der Waals surface area contributed by atoms with Gasteiger partial charge in [0.2, 0.25) is 0 Å². The predicted octanol–water partition coefficient (Wildman–Crippen LogP) is 0.576. The fraction of sp³-hybridized carbons (Fsp3) is 0.167. The third-order valence-corrected chi connectivity index (χ3v) is 2.86. The number of nitrogens with one attached hydrogen (secondary N) is 3. The number of benzene rings is 1. The normalized spacial score (nSPS) is 10.1. The van der Waals surface area contributed by atoms with Crippen LogP contribution < -0.4 is 16.6 Å². The molecular formula is C12H14N6O3. The SMILES string of the molecule is NNc1c(C(=O)NCCc2cnc[nH]2)cccc1[N+](=O)[O-]. The summed E-state index contributed by atoms with van der Waals surface area (Å²) in [5, 5.41) is 13.6. The maximum absolute atomic E-state index is 12.1. The van der Waals surface area contributed by atoms with Crippen molar-refractivity contribution in [2.24, 2.45) is 5.84 Å². The van der Waals surface area contributed by atoms with E-state index in [0.717, 1.165) is 5.69 Å². The van der Waals surface area contributed by atoms with Gasteiger partial charge in [-0.1, -0.05) is 6.07 Å². The Labute approximate surface area is 119 Å². The molecule has 0 aliphatic heterocycles. The molecule has 0 bridgehead atoms. The minimum absolute atomic E-state index is 0.0125. The Balaban J connectivity index is 2.08. The van der Waals surface area contributed by atoms with Crippen molar-refractivity contribution >= 4 is 17.3 Å². The number of para-hydroxylation sites is 1. The monoisotopic (exact) mass is 290 g/mol. The first-order valence-corrected chi connectivity index (χ1v) is 6.13. The Morgan fingerprint density at radius 1 is 1.48 bits per heavy atom. The van der Waals surface area contributed by atoms with Gasteiger partial charge in [0.15, 0.2) is 0 Å². The van der Waals surface area contributed by atoms with E-state index in [1.54, 1.807) is 12.5 Å². The molecule has 0 saturated carbocycles. The molecule has 2 rings (SSSR count). The van der Waals surface area contributed by atoms with Crippen LogP contribution in [0.3, 0.4) is 0 Å². The van der Waals surface area contributed by atoms with Crippen molar-refractivity contribution < 1.29 is 9.72 Å². The summed E-state index contributed by atoms with van der Waals surface area (Å²) in [4.78, 5) is 29.1. The van der Waals surface area contributed by atoms with Gasteiger partial charge in [-0.2, -0.15) is 0 Å². The molecule has 0 fully saturated rings. The third-order valence-electron chi connectivity index (χ3n) is 2.86. The Kier molecular flexibility index (Phi) is 4.46. The molecule has 110 valence electrons. The molecule has 0 unspecified atom stereocenters. The van der Waals surface area contributed by atoms with Crippen molar-refractivity contribution in [3.05, 3.63) is 52.1 Å².